The average molecular weight is 803 g/mol. The number of amides is 2. The number of carbonyl (C=O) groups is 2. The maximum atomic E-state index is 12.4. The predicted octanol–water partition coefficient (Wildman–Crippen LogP) is 4.85. The van der Waals surface area contributed by atoms with Gasteiger partial charge in [-0.2, -0.15) is 9.97 Å². The van der Waals surface area contributed by atoms with E-state index in [1.807, 2.05) is 52.0 Å². The van der Waals surface area contributed by atoms with Crippen molar-refractivity contribution in [2.45, 2.75) is 45.8 Å². The molecule has 1 unspecified atom stereocenters. The first kappa shape index (κ1) is 41.7. The Labute approximate surface area is 336 Å². The molecule has 4 aromatic rings. The van der Waals surface area contributed by atoms with Crippen LogP contribution >= 0.6 is 0 Å². The summed E-state index contributed by atoms with van der Waals surface area (Å²) in [5.74, 6) is 3.21. The molecule has 310 valence electrons. The molecular formula is C39H50N10O9. The van der Waals surface area contributed by atoms with E-state index in [1.165, 1.54) is 4.90 Å². The monoisotopic (exact) mass is 802 g/mol. The number of cyclic esters (lactones) is 2. The molecule has 2 fully saturated rings. The second kappa shape index (κ2) is 21.0. The number of hydrogen-bond acceptors (Lipinski definition) is 17. The van der Waals surface area contributed by atoms with Crippen molar-refractivity contribution in [3.05, 3.63) is 72.6 Å². The first-order valence-corrected chi connectivity index (χ1v) is 19.3. The Morgan fingerprint density at radius 3 is 1.66 bits per heavy atom. The fourth-order valence-electron chi connectivity index (χ4n) is 5.89. The number of hydrogen-bond donors (Lipinski definition) is 2. The van der Waals surface area contributed by atoms with Crippen molar-refractivity contribution in [1.29, 1.82) is 0 Å². The molecular weight excluding hydrogens is 752 g/mol. The van der Waals surface area contributed by atoms with Crippen LogP contribution in [0.1, 0.15) is 51.2 Å². The zero-order chi connectivity index (χ0) is 40.7. The standard InChI is InChI=1S/C39H50N10O9/c1-26(2)33-25-58-39(51)49(33)35-10-12-41-37(47-35)45-28(4)32-8-6-30(24-43-32)56-22-20-54-18-16-52-15-17-53-19-21-55-29-5-7-31(42-23-29)27(3)44-36-40-11-9-34(46-36)48-13-14-57-38(48)50/h5-12,23-24,26-28,33H,13-22,25H2,1-4H3,(H,40,44,46)(H,41,45,47)/t27-,28-,33?/m0/s1. The summed E-state index contributed by atoms with van der Waals surface area (Å²) >= 11 is 0. The molecule has 0 spiro atoms. The predicted molar refractivity (Wildman–Crippen MR) is 211 cm³/mol. The molecule has 2 saturated heterocycles. The third-order valence-corrected chi connectivity index (χ3v) is 9.08. The number of nitrogens with zero attached hydrogens (tertiary/aromatic N) is 8. The van der Waals surface area contributed by atoms with Gasteiger partial charge in [-0.25, -0.2) is 19.6 Å². The van der Waals surface area contributed by atoms with Crippen LogP contribution in [0.3, 0.4) is 0 Å². The highest BCUT2D eigenvalue weighted by Crippen LogP contribution is 2.27. The Kier molecular flexibility index (Phi) is 15.1. The molecule has 19 heteroatoms. The minimum Gasteiger partial charge on any atom is -0.490 e. The summed E-state index contributed by atoms with van der Waals surface area (Å²) < 4.78 is 38.5. The number of ether oxygens (including phenoxy) is 7. The summed E-state index contributed by atoms with van der Waals surface area (Å²) in [5, 5.41) is 6.46. The van der Waals surface area contributed by atoms with Crippen molar-refractivity contribution in [3.63, 3.8) is 0 Å². The van der Waals surface area contributed by atoms with Gasteiger partial charge in [-0.3, -0.25) is 19.8 Å². The Hall–Kier alpha value is -5.92. The van der Waals surface area contributed by atoms with Crippen molar-refractivity contribution in [3.8, 4) is 11.5 Å². The molecule has 0 saturated carbocycles. The lowest BCUT2D eigenvalue weighted by Crippen LogP contribution is -2.37. The van der Waals surface area contributed by atoms with E-state index >= 15 is 0 Å². The number of pyridine rings is 2. The SMILES string of the molecule is CC(C)C1COC(=O)N1c1ccnc(N[C@@H](C)c2ccc(OCCOCCOCCOCCOc3ccc([C@H](C)Nc4nccc(N5CCOC5=O)n4)nc3)cn2)n1. The first-order chi connectivity index (χ1) is 28.2. The lowest BCUT2D eigenvalue weighted by atomic mass is 10.0. The maximum absolute atomic E-state index is 12.4. The van der Waals surface area contributed by atoms with E-state index < -0.39 is 12.2 Å². The van der Waals surface area contributed by atoms with Gasteiger partial charge in [-0.1, -0.05) is 13.8 Å². The van der Waals surface area contributed by atoms with E-state index in [0.29, 0.717) is 108 Å². The van der Waals surface area contributed by atoms with Gasteiger partial charge in [0.15, 0.2) is 0 Å². The second-order valence-electron chi connectivity index (χ2n) is 13.6. The lowest BCUT2D eigenvalue weighted by Gasteiger charge is -2.23. The van der Waals surface area contributed by atoms with Crippen molar-refractivity contribution >= 4 is 35.7 Å². The molecule has 0 bridgehead atoms. The van der Waals surface area contributed by atoms with Crippen LogP contribution in [0.2, 0.25) is 0 Å². The lowest BCUT2D eigenvalue weighted by molar-refractivity contribution is 0.00496. The third-order valence-electron chi connectivity index (χ3n) is 9.08. The van der Waals surface area contributed by atoms with Gasteiger partial charge in [-0.15, -0.1) is 0 Å². The van der Waals surface area contributed by atoms with Crippen LogP contribution in [0.4, 0.5) is 33.1 Å². The van der Waals surface area contributed by atoms with Crippen LogP contribution in [0.25, 0.3) is 0 Å². The molecule has 0 aliphatic carbocycles. The molecule has 2 N–H and O–H groups in total. The van der Waals surface area contributed by atoms with Crippen molar-refractivity contribution < 1.29 is 42.7 Å². The minimum atomic E-state index is -0.417. The minimum absolute atomic E-state index is 0.0822. The Balaban J connectivity index is 0.770. The molecule has 58 heavy (non-hydrogen) atoms. The smallest absolute Gasteiger partial charge is 0.415 e. The number of aromatic nitrogens is 6. The van der Waals surface area contributed by atoms with Crippen LogP contribution in [-0.2, 0) is 23.7 Å². The zero-order valence-corrected chi connectivity index (χ0v) is 33.1. The molecule has 2 aliphatic rings. The number of rotatable bonds is 23. The quantitative estimate of drug-likeness (QED) is 0.0962. The highest BCUT2D eigenvalue weighted by molar-refractivity contribution is 5.89. The molecule has 4 aromatic heterocycles. The highest BCUT2D eigenvalue weighted by Gasteiger charge is 2.37. The molecule has 19 nitrogen and oxygen atoms in total. The largest absolute Gasteiger partial charge is 0.490 e. The Bertz CT molecular complexity index is 1910. The van der Waals surface area contributed by atoms with E-state index in [1.54, 1.807) is 41.8 Å². The third kappa shape index (κ3) is 11.8. The maximum Gasteiger partial charge on any atom is 0.415 e. The number of anilines is 4. The summed E-state index contributed by atoms with van der Waals surface area (Å²) in [6.07, 6.45) is 5.71. The van der Waals surface area contributed by atoms with Gasteiger partial charge in [0.1, 0.15) is 49.6 Å². The molecule has 6 rings (SSSR count). The van der Waals surface area contributed by atoms with Crippen LogP contribution in [-0.4, -0.2) is 121 Å². The molecule has 2 aliphatic heterocycles. The van der Waals surface area contributed by atoms with E-state index in [4.69, 9.17) is 33.2 Å². The van der Waals surface area contributed by atoms with Crippen LogP contribution < -0.4 is 29.9 Å². The molecule has 0 radical (unpaired) electrons. The van der Waals surface area contributed by atoms with Crippen molar-refractivity contribution in [1.82, 2.24) is 29.9 Å². The summed E-state index contributed by atoms with van der Waals surface area (Å²) in [5.41, 5.74) is 1.55. The summed E-state index contributed by atoms with van der Waals surface area (Å²) in [4.78, 5) is 53.8. The molecule has 2 amide bonds. The molecule has 6 heterocycles. The van der Waals surface area contributed by atoms with Gasteiger partial charge < -0.3 is 43.8 Å². The first-order valence-electron chi connectivity index (χ1n) is 19.3. The van der Waals surface area contributed by atoms with Gasteiger partial charge in [0, 0.05) is 12.4 Å². The van der Waals surface area contributed by atoms with E-state index in [-0.39, 0.29) is 24.0 Å². The van der Waals surface area contributed by atoms with Crippen LogP contribution in [0.5, 0.6) is 11.5 Å². The Morgan fingerprint density at radius 2 is 1.17 bits per heavy atom. The van der Waals surface area contributed by atoms with Gasteiger partial charge in [0.25, 0.3) is 0 Å². The van der Waals surface area contributed by atoms with E-state index in [2.05, 4.69) is 40.5 Å². The van der Waals surface area contributed by atoms with Gasteiger partial charge >= 0.3 is 12.2 Å². The molecule has 0 aromatic carbocycles. The van der Waals surface area contributed by atoms with Crippen LogP contribution in [0, 0.1) is 5.92 Å². The van der Waals surface area contributed by atoms with Gasteiger partial charge in [0.2, 0.25) is 11.9 Å². The fraction of sp³-hybridized carbons (Fsp3) is 0.487. The summed E-state index contributed by atoms with van der Waals surface area (Å²) in [6, 6.07) is 10.3. The molecule has 3 atom stereocenters. The van der Waals surface area contributed by atoms with Gasteiger partial charge in [-0.05, 0) is 56.2 Å². The topological polar surface area (TPSA) is 207 Å². The van der Waals surface area contributed by atoms with E-state index in [9.17, 15) is 9.59 Å². The van der Waals surface area contributed by atoms with Crippen molar-refractivity contribution in [2.75, 3.05) is 93.0 Å². The van der Waals surface area contributed by atoms with Crippen molar-refractivity contribution in [2.24, 2.45) is 5.92 Å². The Morgan fingerprint density at radius 1 is 0.655 bits per heavy atom. The fourth-order valence-corrected chi connectivity index (χ4v) is 5.89. The summed E-state index contributed by atoms with van der Waals surface area (Å²) in [6.45, 7) is 12.4. The average Bonchev–Trinajstić information content (AvgIpc) is 3.85. The van der Waals surface area contributed by atoms with E-state index in [0.717, 1.165) is 11.4 Å². The van der Waals surface area contributed by atoms with Crippen LogP contribution in [0.15, 0.2) is 61.2 Å². The number of carbonyl (C=O) groups excluding carboxylic acids is 2. The zero-order valence-electron chi connectivity index (χ0n) is 33.1. The van der Waals surface area contributed by atoms with Gasteiger partial charge in [0.05, 0.1) is 88.1 Å². The normalized spacial score (nSPS) is 16.3. The summed E-state index contributed by atoms with van der Waals surface area (Å²) in [7, 11) is 0. The second-order valence-corrected chi connectivity index (χ2v) is 13.6. The number of nitrogens with one attached hydrogen (secondary N) is 2. The highest BCUT2D eigenvalue weighted by atomic mass is 16.6.